The molecule has 0 N–H and O–H groups in total. The predicted octanol–water partition coefficient (Wildman–Crippen LogP) is 6.20. The monoisotopic (exact) mass is 573 g/mol. The number of benzene rings is 2. The number of hydrogen-bond donors (Lipinski definition) is 0. The molecular weight excluding hydrogens is 541 g/mol. The highest BCUT2D eigenvalue weighted by Gasteiger charge is 2.33. The van der Waals surface area contributed by atoms with Crippen LogP contribution in [0.1, 0.15) is 43.2 Å². The molecular formula is C32H33ClFN5O2. The summed E-state index contributed by atoms with van der Waals surface area (Å²) in [4.78, 5) is 40.1. The van der Waals surface area contributed by atoms with Gasteiger partial charge in [-0.05, 0) is 61.6 Å². The molecule has 212 valence electrons. The van der Waals surface area contributed by atoms with Crippen LogP contribution in [0, 0.1) is 5.82 Å². The minimum Gasteiger partial charge on any atom is -0.350 e. The summed E-state index contributed by atoms with van der Waals surface area (Å²) < 4.78 is 15.0. The molecule has 1 aliphatic carbocycles. The van der Waals surface area contributed by atoms with E-state index in [-0.39, 0.29) is 28.2 Å². The third-order valence-electron chi connectivity index (χ3n) is 8.00. The first-order valence-electron chi connectivity index (χ1n) is 13.8. The van der Waals surface area contributed by atoms with Gasteiger partial charge in [-0.2, -0.15) is 0 Å². The first-order chi connectivity index (χ1) is 19.9. The Morgan fingerprint density at radius 1 is 1.17 bits per heavy atom. The van der Waals surface area contributed by atoms with Gasteiger partial charge in [0.1, 0.15) is 11.7 Å². The minimum absolute atomic E-state index is 0.0869. The van der Waals surface area contributed by atoms with Crippen LogP contribution in [-0.4, -0.2) is 65.7 Å². The average molecular weight is 574 g/mol. The fourth-order valence-corrected chi connectivity index (χ4v) is 5.92. The van der Waals surface area contributed by atoms with E-state index in [1.165, 1.54) is 17.0 Å². The predicted molar refractivity (Wildman–Crippen MR) is 161 cm³/mol. The van der Waals surface area contributed by atoms with Crippen LogP contribution in [0.15, 0.2) is 72.2 Å². The number of aliphatic imine (C=N–C) groups is 1. The Bertz CT molecular complexity index is 1510. The van der Waals surface area contributed by atoms with Crippen LogP contribution < -0.4 is 4.90 Å². The summed E-state index contributed by atoms with van der Waals surface area (Å²) in [6.45, 7) is 7.10. The zero-order valence-corrected chi connectivity index (χ0v) is 24.0. The molecule has 9 heteroatoms. The van der Waals surface area contributed by atoms with Gasteiger partial charge in [-0.25, -0.2) is 9.37 Å². The second-order valence-corrected chi connectivity index (χ2v) is 10.8. The summed E-state index contributed by atoms with van der Waals surface area (Å²) in [6.07, 6.45) is 5.32. The molecule has 1 atom stereocenters. The highest BCUT2D eigenvalue weighted by Crippen LogP contribution is 2.43. The summed E-state index contributed by atoms with van der Waals surface area (Å²) in [7, 11) is 1.68. The van der Waals surface area contributed by atoms with Crippen molar-refractivity contribution in [1.29, 1.82) is 0 Å². The minimum atomic E-state index is -0.464. The number of hydrogen-bond acceptors (Lipinski definition) is 4. The molecule has 2 aromatic carbocycles. The van der Waals surface area contributed by atoms with Gasteiger partial charge in [0.25, 0.3) is 0 Å². The molecule has 1 aliphatic heterocycles. The fourth-order valence-electron chi connectivity index (χ4n) is 5.67. The van der Waals surface area contributed by atoms with Crippen LogP contribution in [-0.2, 0) is 9.59 Å². The Labute approximate surface area is 245 Å². The van der Waals surface area contributed by atoms with E-state index in [9.17, 15) is 14.0 Å². The van der Waals surface area contributed by atoms with Crippen LogP contribution in [0.2, 0.25) is 5.02 Å². The largest absolute Gasteiger partial charge is 0.350 e. The lowest BCUT2D eigenvalue weighted by atomic mass is 9.79. The maximum Gasteiger partial charge on any atom is 0.246 e. The fraction of sp³-hybridized carbons (Fsp3) is 0.312. The summed E-state index contributed by atoms with van der Waals surface area (Å²) in [5.41, 5.74) is 2.82. The Hall–Kier alpha value is -4.04. The molecule has 1 saturated carbocycles. The maximum atomic E-state index is 15.0. The number of carbonyl (C=O) groups is 2. The van der Waals surface area contributed by atoms with Gasteiger partial charge in [0.05, 0.1) is 22.0 Å². The molecule has 1 aromatic heterocycles. The highest BCUT2D eigenvalue weighted by atomic mass is 35.5. The van der Waals surface area contributed by atoms with Gasteiger partial charge in [-0.3, -0.25) is 19.5 Å². The third kappa shape index (κ3) is 5.48. The van der Waals surface area contributed by atoms with Crippen molar-refractivity contribution in [3.05, 3.63) is 89.2 Å². The smallest absolute Gasteiger partial charge is 0.246 e. The molecule has 5 rings (SSSR count). The number of rotatable bonds is 7. The van der Waals surface area contributed by atoms with Gasteiger partial charge in [0, 0.05) is 38.3 Å². The van der Waals surface area contributed by atoms with Gasteiger partial charge in [-0.1, -0.05) is 54.9 Å². The zero-order valence-electron chi connectivity index (χ0n) is 23.3. The lowest BCUT2D eigenvalue weighted by Gasteiger charge is -2.41. The molecule has 2 heterocycles. The summed E-state index contributed by atoms with van der Waals surface area (Å²) in [6, 6.07) is 15.8. The molecule has 41 heavy (non-hydrogen) atoms. The number of carbonyl (C=O) groups excluding carboxylic acids is 2. The van der Waals surface area contributed by atoms with Crippen molar-refractivity contribution in [3.8, 4) is 11.3 Å². The van der Waals surface area contributed by atoms with E-state index in [1.54, 1.807) is 36.2 Å². The summed E-state index contributed by atoms with van der Waals surface area (Å²) >= 11 is 6.80. The lowest BCUT2D eigenvalue weighted by Crippen LogP contribution is -2.55. The number of piperazine rings is 1. The van der Waals surface area contributed by atoms with Crippen molar-refractivity contribution in [2.24, 2.45) is 4.99 Å². The van der Waals surface area contributed by atoms with Crippen LogP contribution >= 0.6 is 11.6 Å². The van der Waals surface area contributed by atoms with Crippen LogP contribution in [0.4, 0.5) is 15.9 Å². The van der Waals surface area contributed by atoms with Gasteiger partial charge in [0.2, 0.25) is 12.3 Å². The topological polar surface area (TPSA) is 69.1 Å². The van der Waals surface area contributed by atoms with Crippen LogP contribution in [0.25, 0.3) is 11.3 Å². The normalized spacial score (nSPS) is 17.7. The standard InChI is InChI=1S/C32H33ClFN5O2/c1-4-29(41)37-16-17-38(21(2)19-37)31(35-3)25-18-26(33)30(24-13-5-7-14-27(24)34)36-32(25)39(20-40)28-15-8-6-12-23(28)22-10-9-11-22/h4-8,12-15,18,20-22H,1,9-11,16-17,19H2,2-3H3. The van der Waals surface area contributed by atoms with E-state index in [0.29, 0.717) is 42.8 Å². The Morgan fingerprint density at radius 2 is 1.90 bits per heavy atom. The van der Waals surface area contributed by atoms with E-state index in [0.717, 1.165) is 36.9 Å². The summed E-state index contributed by atoms with van der Waals surface area (Å²) in [5.74, 6) is 0.665. The van der Waals surface area contributed by atoms with Crippen molar-refractivity contribution in [1.82, 2.24) is 14.8 Å². The molecule has 1 saturated heterocycles. The van der Waals surface area contributed by atoms with Crippen LogP contribution in [0.5, 0.6) is 0 Å². The second kappa shape index (κ2) is 12.2. The Balaban J connectivity index is 1.67. The number of para-hydroxylation sites is 1. The number of anilines is 2. The molecule has 0 radical (unpaired) electrons. The van der Waals surface area contributed by atoms with Crippen molar-refractivity contribution in [2.45, 2.75) is 38.1 Å². The number of nitrogens with zero attached hydrogens (tertiary/aromatic N) is 5. The molecule has 3 aromatic rings. The van der Waals surface area contributed by atoms with Crippen molar-refractivity contribution >= 4 is 41.3 Å². The zero-order chi connectivity index (χ0) is 29.1. The quantitative estimate of drug-likeness (QED) is 0.146. The van der Waals surface area contributed by atoms with Gasteiger partial charge in [0.15, 0.2) is 5.82 Å². The summed E-state index contributed by atoms with van der Waals surface area (Å²) in [5, 5.41) is 0.237. The number of amides is 2. The average Bonchev–Trinajstić information content (AvgIpc) is 2.95. The van der Waals surface area contributed by atoms with Gasteiger partial charge < -0.3 is 9.80 Å². The van der Waals surface area contributed by atoms with Crippen molar-refractivity contribution < 1.29 is 14.0 Å². The first-order valence-corrected chi connectivity index (χ1v) is 14.2. The number of amidine groups is 1. The first kappa shape index (κ1) is 28.5. The van der Waals surface area contributed by atoms with E-state index in [2.05, 4.69) is 22.5 Å². The lowest BCUT2D eigenvalue weighted by molar-refractivity contribution is -0.128. The molecule has 2 aliphatic rings. The second-order valence-electron chi connectivity index (χ2n) is 10.4. The molecule has 0 bridgehead atoms. The molecule has 0 spiro atoms. The molecule has 2 amide bonds. The van der Waals surface area contributed by atoms with Gasteiger partial charge >= 0.3 is 0 Å². The third-order valence-corrected chi connectivity index (χ3v) is 8.29. The van der Waals surface area contributed by atoms with E-state index in [4.69, 9.17) is 16.6 Å². The number of pyridine rings is 1. The van der Waals surface area contributed by atoms with Gasteiger partial charge in [-0.15, -0.1) is 0 Å². The van der Waals surface area contributed by atoms with Crippen LogP contribution in [0.3, 0.4) is 0 Å². The SMILES string of the molecule is C=CC(=O)N1CCN(C(=NC)c2cc(Cl)c(-c3ccccc3F)nc2N(C=O)c2ccccc2C2CCC2)C(C)C1. The molecule has 2 fully saturated rings. The Morgan fingerprint density at radius 3 is 2.54 bits per heavy atom. The highest BCUT2D eigenvalue weighted by molar-refractivity contribution is 6.33. The van der Waals surface area contributed by atoms with Crippen molar-refractivity contribution in [2.75, 3.05) is 31.6 Å². The van der Waals surface area contributed by atoms with E-state index < -0.39 is 5.82 Å². The van der Waals surface area contributed by atoms with Crippen molar-refractivity contribution in [3.63, 3.8) is 0 Å². The van der Waals surface area contributed by atoms with E-state index in [1.807, 2.05) is 25.1 Å². The molecule has 7 nitrogen and oxygen atoms in total. The Kier molecular flexibility index (Phi) is 8.49. The number of halogens is 2. The maximum absolute atomic E-state index is 15.0. The van der Waals surface area contributed by atoms with E-state index >= 15 is 0 Å². The number of aromatic nitrogens is 1. The molecule has 1 unspecified atom stereocenters.